The molecule has 2 aliphatic rings. The van der Waals surface area contributed by atoms with Gasteiger partial charge >= 0.3 is 0 Å². The fraction of sp³-hybridized carbons (Fsp3) is 0.762. The molecule has 3 heterocycles. The molecule has 1 aromatic rings. The Bertz CT molecular complexity index is 660. The third-order valence-corrected chi connectivity index (χ3v) is 5.72. The summed E-state index contributed by atoms with van der Waals surface area (Å²) in [4.78, 5) is 25.5. The maximum absolute atomic E-state index is 12.6. The van der Waals surface area contributed by atoms with E-state index in [1.165, 1.54) is 0 Å². The van der Waals surface area contributed by atoms with Gasteiger partial charge in [-0.05, 0) is 45.6 Å². The molecule has 0 aliphatic carbocycles. The number of anilines is 1. The van der Waals surface area contributed by atoms with Gasteiger partial charge in [0.1, 0.15) is 0 Å². The Kier molecular flexibility index (Phi) is 7.80. The Hall–Kier alpha value is -1.77. The second-order valence-electron chi connectivity index (χ2n) is 8.35. The molecule has 29 heavy (non-hydrogen) atoms. The van der Waals surface area contributed by atoms with Crippen LogP contribution in [0.25, 0.3) is 0 Å². The predicted molar refractivity (Wildman–Crippen MR) is 112 cm³/mol. The summed E-state index contributed by atoms with van der Waals surface area (Å²) in [5.74, 6) is 0.793. The van der Waals surface area contributed by atoms with Gasteiger partial charge in [-0.25, -0.2) is 9.97 Å². The van der Waals surface area contributed by atoms with Crippen molar-refractivity contribution < 1.29 is 14.6 Å². The number of rotatable bonds is 7. The lowest BCUT2D eigenvalue weighted by atomic mass is 9.94. The SMILES string of the molecule is Cc1cc(C)nc(NCCCC(=O)N2CCCC(O)(CN3CCOCC3)CC2)n1. The molecule has 0 radical (unpaired) electrons. The lowest BCUT2D eigenvalue weighted by Gasteiger charge is -2.35. The number of aliphatic hydroxyl groups is 1. The highest BCUT2D eigenvalue weighted by Gasteiger charge is 2.33. The Morgan fingerprint density at radius 3 is 2.62 bits per heavy atom. The Morgan fingerprint density at radius 1 is 1.17 bits per heavy atom. The first-order chi connectivity index (χ1) is 13.9. The van der Waals surface area contributed by atoms with E-state index in [-0.39, 0.29) is 5.91 Å². The smallest absolute Gasteiger partial charge is 0.223 e. The Balaban J connectivity index is 1.39. The van der Waals surface area contributed by atoms with Crippen LogP contribution in [0.5, 0.6) is 0 Å². The summed E-state index contributed by atoms with van der Waals surface area (Å²) in [5, 5.41) is 14.3. The molecule has 1 amide bonds. The molecule has 1 unspecified atom stereocenters. The van der Waals surface area contributed by atoms with Crippen LogP contribution < -0.4 is 5.32 Å². The number of ether oxygens (including phenoxy) is 1. The number of β-amino-alcohol motifs (C(OH)–C–C–N with tert-alkyl or cyclic N) is 1. The number of nitrogens with one attached hydrogen (secondary N) is 1. The maximum atomic E-state index is 12.6. The van der Waals surface area contributed by atoms with Gasteiger partial charge in [-0.1, -0.05) is 0 Å². The van der Waals surface area contributed by atoms with Crippen LogP contribution in [0.4, 0.5) is 5.95 Å². The zero-order chi connectivity index (χ0) is 20.7. The minimum Gasteiger partial charge on any atom is -0.388 e. The molecule has 2 saturated heterocycles. The molecule has 2 fully saturated rings. The highest BCUT2D eigenvalue weighted by molar-refractivity contribution is 5.76. The molecular formula is C21H35N5O3. The summed E-state index contributed by atoms with van der Waals surface area (Å²) in [5.41, 5.74) is 1.17. The topological polar surface area (TPSA) is 90.8 Å². The van der Waals surface area contributed by atoms with Crippen molar-refractivity contribution in [2.24, 2.45) is 0 Å². The van der Waals surface area contributed by atoms with Crippen molar-refractivity contribution in [2.75, 3.05) is 57.8 Å². The van der Waals surface area contributed by atoms with Crippen LogP contribution >= 0.6 is 0 Å². The van der Waals surface area contributed by atoms with E-state index in [4.69, 9.17) is 4.74 Å². The van der Waals surface area contributed by atoms with Gasteiger partial charge in [0.2, 0.25) is 11.9 Å². The molecule has 0 spiro atoms. The maximum Gasteiger partial charge on any atom is 0.223 e. The monoisotopic (exact) mass is 405 g/mol. The van der Waals surface area contributed by atoms with E-state index < -0.39 is 5.60 Å². The molecule has 1 aromatic heterocycles. The number of hydrogen-bond donors (Lipinski definition) is 2. The van der Waals surface area contributed by atoms with E-state index in [1.807, 2.05) is 24.8 Å². The molecule has 1 atom stereocenters. The number of carbonyl (C=O) groups excluding carboxylic acids is 1. The van der Waals surface area contributed by atoms with Crippen molar-refractivity contribution in [1.82, 2.24) is 19.8 Å². The van der Waals surface area contributed by atoms with E-state index in [9.17, 15) is 9.90 Å². The van der Waals surface area contributed by atoms with E-state index in [2.05, 4.69) is 20.2 Å². The average molecular weight is 406 g/mol. The van der Waals surface area contributed by atoms with Gasteiger partial charge in [-0.15, -0.1) is 0 Å². The van der Waals surface area contributed by atoms with Crippen molar-refractivity contribution in [3.63, 3.8) is 0 Å². The molecule has 8 heteroatoms. The second kappa shape index (κ2) is 10.3. The second-order valence-corrected chi connectivity index (χ2v) is 8.35. The van der Waals surface area contributed by atoms with Gasteiger partial charge in [0.25, 0.3) is 0 Å². The van der Waals surface area contributed by atoms with Crippen LogP contribution in [0.1, 0.15) is 43.5 Å². The first-order valence-corrected chi connectivity index (χ1v) is 10.8. The van der Waals surface area contributed by atoms with E-state index in [0.717, 1.165) is 63.5 Å². The Labute approximate surface area is 173 Å². The van der Waals surface area contributed by atoms with Crippen molar-refractivity contribution in [3.8, 4) is 0 Å². The predicted octanol–water partition coefficient (Wildman–Crippen LogP) is 1.36. The van der Waals surface area contributed by atoms with Crippen LogP contribution in [0, 0.1) is 13.8 Å². The van der Waals surface area contributed by atoms with Crippen LogP contribution in [0.2, 0.25) is 0 Å². The first kappa shape index (κ1) is 21.9. The fourth-order valence-electron chi connectivity index (χ4n) is 4.16. The molecule has 3 rings (SSSR count). The van der Waals surface area contributed by atoms with Gasteiger partial charge in [0.05, 0.1) is 18.8 Å². The van der Waals surface area contributed by atoms with E-state index in [0.29, 0.717) is 38.4 Å². The number of aromatic nitrogens is 2. The number of morpholine rings is 1. The van der Waals surface area contributed by atoms with Gasteiger partial charge in [-0.3, -0.25) is 9.69 Å². The molecule has 2 aliphatic heterocycles. The highest BCUT2D eigenvalue weighted by Crippen LogP contribution is 2.24. The number of likely N-dealkylation sites (tertiary alicyclic amines) is 1. The van der Waals surface area contributed by atoms with Gasteiger partial charge in [0, 0.05) is 57.1 Å². The molecule has 162 valence electrons. The third kappa shape index (κ3) is 6.90. The van der Waals surface area contributed by atoms with Crippen LogP contribution in [0.15, 0.2) is 6.07 Å². The molecular weight excluding hydrogens is 370 g/mol. The van der Waals surface area contributed by atoms with Crippen molar-refractivity contribution >= 4 is 11.9 Å². The number of aryl methyl sites for hydroxylation is 2. The molecule has 2 N–H and O–H groups in total. The van der Waals surface area contributed by atoms with Gasteiger partial charge in [0.15, 0.2) is 0 Å². The van der Waals surface area contributed by atoms with Gasteiger partial charge in [-0.2, -0.15) is 0 Å². The zero-order valence-electron chi connectivity index (χ0n) is 17.8. The summed E-state index contributed by atoms with van der Waals surface area (Å²) in [7, 11) is 0. The summed E-state index contributed by atoms with van der Waals surface area (Å²) < 4.78 is 5.39. The summed E-state index contributed by atoms with van der Waals surface area (Å²) in [6.07, 6.45) is 3.48. The lowest BCUT2D eigenvalue weighted by molar-refractivity contribution is -0.131. The van der Waals surface area contributed by atoms with E-state index >= 15 is 0 Å². The van der Waals surface area contributed by atoms with Crippen molar-refractivity contribution in [1.29, 1.82) is 0 Å². The molecule has 0 saturated carbocycles. The van der Waals surface area contributed by atoms with Crippen LogP contribution in [0.3, 0.4) is 0 Å². The zero-order valence-corrected chi connectivity index (χ0v) is 17.8. The van der Waals surface area contributed by atoms with Crippen molar-refractivity contribution in [2.45, 2.75) is 51.6 Å². The molecule has 8 nitrogen and oxygen atoms in total. The highest BCUT2D eigenvalue weighted by atomic mass is 16.5. The molecule has 0 aromatic carbocycles. The normalized spacial score (nSPS) is 23.6. The number of nitrogens with zero attached hydrogens (tertiary/aromatic N) is 4. The Morgan fingerprint density at radius 2 is 1.90 bits per heavy atom. The first-order valence-electron chi connectivity index (χ1n) is 10.8. The number of carbonyl (C=O) groups is 1. The largest absolute Gasteiger partial charge is 0.388 e. The van der Waals surface area contributed by atoms with Crippen molar-refractivity contribution in [3.05, 3.63) is 17.5 Å². The van der Waals surface area contributed by atoms with E-state index in [1.54, 1.807) is 0 Å². The van der Waals surface area contributed by atoms with Gasteiger partial charge < -0.3 is 20.1 Å². The lowest BCUT2D eigenvalue weighted by Crippen LogP contribution is -2.48. The average Bonchev–Trinajstić information content (AvgIpc) is 2.87. The molecule has 0 bridgehead atoms. The standard InChI is InChI=1S/C21H35N5O3/c1-17-15-18(2)24-20(23-17)22-8-3-5-19(27)26-9-4-6-21(28,7-10-26)16-25-11-13-29-14-12-25/h15,28H,3-14,16H2,1-2H3,(H,22,23,24). The fourth-order valence-corrected chi connectivity index (χ4v) is 4.16. The number of amides is 1. The number of hydrogen-bond acceptors (Lipinski definition) is 7. The minimum atomic E-state index is -0.700. The van der Waals surface area contributed by atoms with Crippen LogP contribution in [-0.2, 0) is 9.53 Å². The summed E-state index contributed by atoms with van der Waals surface area (Å²) in [6, 6.07) is 1.94. The third-order valence-electron chi connectivity index (χ3n) is 5.72. The minimum absolute atomic E-state index is 0.170. The summed E-state index contributed by atoms with van der Waals surface area (Å²) in [6.45, 7) is 9.84. The quantitative estimate of drug-likeness (QED) is 0.662. The van der Waals surface area contributed by atoms with Crippen LogP contribution in [-0.4, -0.2) is 88.9 Å². The summed E-state index contributed by atoms with van der Waals surface area (Å²) >= 11 is 0.